The molecule has 0 aromatic heterocycles. The minimum atomic E-state index is -0.573. The number of urea groups is 2. The SMILES string of the molecule is COC(=O)c1ccc(CBr)cc1.COC(=O)c1ccc(CN(C(=O)N2CCN(C(=O)OC(C)(C)C)CC2)c2cccc(OC)c2)cc1.COc1cccc(NC(=O)N2CCN(C(=O)OC(C)(C)C)CC2)c1. The highest BCUT2D eigenvalue weighted by molar-refractivity contribution is 9.08. The van der Waals surface area contributed by atoms with E-state index in [-0.39, 0.29) is 30.2 Å². The third-order valence-electron chi connectivity index (χ3n) is 10.6. The van der Waals surface area contributed by atoms with Gasteiger partial charge in [-0.15, -0.1) is 0 Å². The van der Waals surface area contributed by atoms with Crippen molar-refractivity contribution in [2.75, 3.05) is 91.0 Å². The summed E-state index contributed by atoms with van der Waals surface area (Å²) >= 11 is 3.32. The van der Waals surface area contributed by atoms with E-state index in [1.54, 1.807) is 93.3 Å². The lowest BCUT2D eigenvalue weighted by atomic mass is 10.1. The third-order valence-corrected chi connectivity index (χ3v) is 11.2. The second-order valence-electron chi connectivity index (χ2n) is 18.2. The molecule has 4 aromatic carbocycles. The number of piperazine rings is 2. The average molecular weight is 1050 g/mol. The maximum atomic E-state index is 13.6. The van der Waals surface area contributed by atoms with Gasteiger partial charge in [-0.1, -0.05) is 52.3 Å². The van der Waals surface area contributed by atoms with Crippen molar-refractivity contribution in [3.05, 3.63) is 119 Å². The van der Waals surface area contributed by atoms with Crippen LogP contribution < -0.4 is 19.7 Å². The van der Waals surface area contributed by atoms with Crippen molar-refractivity contribution in [2.45, 2.75) is 64.6 Å². The first kappa shape index (κ1) is 56.6. The first-order valence-electron chi connectivity index (χ1n) is 22.9. The zero-order chi connectivity index (χ0) is 52.3. The highest BCUT2D eigenvalue weighted by atomic mass is 79.9. The Labute approximate surface area is 425 Å². The Kier molecular flexibility index (Phi) is 21.4. The average Bonchev–Trinajstić information content (AvgIpc) is 3.37. The molecule has 71 heavy (non-hydrogen) atoms. The van der Waals surface area contributed by atoms with Gasteiger partial charge in [-0.2, -0.15) is 0 Å². The van der Waals surface area contributed by atoms with Gasteiger partial charge in [0.05, 0.1) is 46.1 Å². The van der Waals surface area contributed by atoms with E-state index in [1.165, 1.54) is 14.2 Å². The number of benzene rings is 4. The van der Waals surface area contributed by atoms with Crippen molar-refractivity contribution in [3.63, 3.8) is 0 Å². The van der Waals surface area contributed by atoms with Crippen LogP contribution in [-0.2, 0) is 30.8 Å². The first-order valence-corrected chi connectivity index (χ1v) is 24.1. The van der Waals surface area contributed by atoms with E-state index in [9.17, 15) is 28.8 Å². The van der Waals surface area contributed by atoms with Gasteiger partial charge >= 0.3 is 36.2 Å². The molecule has 2 fully saturated rings. The number of nitrogens with zero attached hydrogens (tertiary/aromatic N) is 5. The van der Waals surface area contributed by atoms with Crippen molar-refractivity contribution in [1.29, 1.82) is 0 Å². The summed E-state index contributed by atoms with van der Waals surface area (Å²) in [6.45, 7) is 14.7. The van der Waals surface area contributed by atoms with E-state index in [0.29, 0.717) is 92.9 Å². The second-order valence-corrected chi connectivity index (χ2v) is 18.7. The Hall–Kier alpha value is -7.02. The lowest BCUT2D eigenvalue weighted by Gasteiger charge is -2.38. The molecular weight excluding hydrogens is 981 g/mol. The van der Waals surface area contributed by atoms with Crippen LogP contribution in [-0.4, -0.2) is 148 Å². The van der Waals surface area contributed by atoms with E-state index >= 15 is 0 Å². The van der Waals surface area contributed by atoms with Crippen molar-refractivity contribution in [1.82, 2.24) is 19.6 Å². The number of hydrogen-bond acceptors (Lipinski definition) is 12. The first-order chi connectivity index (χ1) is 33.7. The predicted molar refractivity (Wildman–Crippen MR) is 274 cm³/mol. The summed E-state index contributed by atoms with van der Waals surface area (Å²) in [5.41, 5.74) is 3.28. The maximum absolute atomic E-state index is 13.6. The van der Waals surface area contributed by atoms with Gasteiger partial charge in [0, 0.05) is 81.2 Å². The van der Waals surface area contributed by atoms with Crippen LogP contribution in [0.3, 0.4) is 0 Å². The monoisotopic (exact) mass is 1050 g/mol. The molecule has 1 N–H and O–H groups in total. The molecule has 4 aromatic rings. The van der Waals surface area contributed by atoms with Gasteiger partial charge < -0.3 is 53.3 Å². The minimum absolute atomic E-state index is 0.181. The third kappa shape index (κ3) is 18.3. The Morgan fingerprint density at radius 3 is 1.41 bits per heavy atom. The number of alkyl halides is 1. The van der Waals surface area contributed by atoms with Crippen molar-refractivity contribution in [3.8, 4) is 11.5 Å². The largest absolute Gasteiger partial charge is 0.497 e. The number of rotatable bonds is 9. The number of carbonyl (C=O) groups is 6. The number of carbonyl (C=O) groups excluding carboxylic acids is 6. The van der Waals surface area contributed by atoms with Crippen LogP contribution in [0.4, 0.5) is 30.6 Å². The van der Waals surface area contributed by atoms with E-state index < -0.39 is 17.2 Å². The summed E-state index contributed by atoms with van der Waals surface area (Å²) in [7, 11) is 5.87. The number of methoxy groups -OCH3 is 4. The van der Waals surface area contributed by atoms with Crippen LogP contribution in [0.2, 0.25) is 0 Å². The molecule has 0 aliphatic carbocycles. The molecule has 0 radical (unpaired) electrons. The fourth-order valence-electron chi connectivity index (χ4n) is 6.84. The molecule has 2 aliphatic rings. The standard InChI is InChI=1S/C26H33N3O6.C17H25N3O4.C9H9BrO2/c1-26(2,3)35-25(32)28-15-13-27(14-16-28)24(31)29(21-7-6-8-22(17-21)33-4)18-19-9-11-20(12-10-19)23(30)34-5;1-17(2,3)24-16(22)20-10-8-19(9-11-20)15(21)18-13-6-5-7-14(12-13)23-4;1-12-9(11)8-4-2-7(6-10)3-5-8/h6-12,17H,13-16,18H2,1-5H3;5-7,12H,8-11H2,1-4H3,(H,18,21);2-5H,6H2,1H3. The molecule has 18 nitrogen and oxygen atoms in total. The molecule has 384 valence electrons. The van der Waals surface area contributed by atoms with Crippen LogP contribution >= 0.6 is 15.9 Å². The molecule has 2 saturated heterocycles. The van der Waals surface area contributed by atoms with Crippen molar-refractivity contribution >= 4 is 63.5 Å². The van der Waals surface area contributed by atoms with Gasteiger partial charge in [0.25, 0.3) is 0 Å². The van der Waals surface area contributed by atoms with E-state index in [1.807, 2.05) is 84.0 Å². The number of hydrogen-bond donors (Lipinski definition) is 1. The Bertz CT molecular complexity index is 2390. The highest BCUT2D eigenvalue weighted by Gasteiger charge is 2.31. The van der Waals surface area contributed by atoms with Crippen molar-refractivity contribution in [2.24, 2.45) is 0 Å². The van der Waals surface area contributed by atoms with Crippen molar-refractivity contribution < 1.29 is 57.2 Å². The molecule has 2 heterocycles. The molecule has 0 atom stereocenters. The Morgan fingerprint density at radius 2 is 0.972 bits per heavy atom. The molecule has 6 rings (SSSR count). The number of anilines is 2. The molecule has 0 bridgehead atoms. The summed E-state index contributed by atoms with van der Waals surface area (Å²) in [5, 5.41) is 3.64. The number of esters is 2. The number of halogens is 1. The number of ether oxygens (including phenoxy) is 6. The van der Waals surface area contributed by atoms with Gasteiger partial charge in [0.15, 0.2) is 0 Å². The van der Waals surface area contributed by atoms with Gasteiger partial charge in [-0.3, -0.25) is 4.90 Å². The lowest BCUT2D eigenvalue weighted by Crippen LogP contribution is -2.54. The van der Waals surface area contributed by atoms with Crippen LogP contribution in [0.15, 0.2) is 97.1 Å². The normalized spacial score (nSPS) is 13.5. The van der Waals surface area contributed by atoms with Gasteiger partial charge in [0.1, 0.15) is 22.7 Å². The van der Waals surface area contributed by atoms with Crippen LogP contribution in [0.25, 0.3) is 0 Å². The summed E-state index contributed by atoms with van der Waals surface area (Å²) in [5.74, 6) is 0.606. The van der Waals surface area contributed by atoms with E-state index in [4.69, 9.17) is 23.7 Å². The fraction of sp³-hybridized carbons (Fsp3) is 0.423. The van der Waals surface area contributed by atoms with E-state index in [0.717, 1.165) is 16.5 Å². The summed E-state index contributed by atoms with van der Waals surface area (Å²) in [6, 6.07) is 28.4. The van der Waals surface area contributed by atoms with Crippen LogP contribution in [0, 0.1) is 0 Å². The Morgan fingerprint density at radius 1 is 0.549 bits per heavy atom. The Balaban J connectivity index is 0.000000261. The van der Waals surface area contributed by atoms with Crippen LogP contribution in [0.5, 0.6) is 11.5 Å². The lowest BCUT2D eigenvalue weighted by molar-refractivity contribution is 0.0165. The highest BCUT2D eigenvalue weighted by Crippen LogP contribution is 2.26. The summed E-state index contributed by atoms with van der Waals surface area (Å²) < 4.78 is 30.6. The summed E-state index contributed by atoms with van der Waals surface area (Å²) in [4.78, 5) is 81.4. The zero-order valence-electron chi connectivity index (χ0n) is 42.3. The zero-order valence-corrected chi connectivity index (χ0v) is 43.9. The number of nitrogens with one attached hydrogen (secondary N) is 1. The number of amides is 6. The molecular formula is C52H67BrN6O12. The van der Waals surface area contributed by atoms with Crippen LogP contribution in [0.1, 0.15) is 73.4 Å². The molecule has 0 saturated carbocycles. The minimum Gasteiger partial charge on any atom is -0.497 e. The van der Waals surface area contributed by atoms with Gasteiger partial charge in [0.2, 0.25) is 0 Å². The summed E-state index contributed by atoms with van der Waals surface area (Å²) in [6.07, 6.45) is -0.713. The second kappa shape index (κ2) is 26.8. The van der Waals surface area contributed by atoms with E-state index in [2.05, 4.69) is 26.0 Å². The quantitative estimate of drug-likeness (QED) is 0.0953. The van der Waals surface area contributed by atoms with Gasteiger partial charge in [-0.05, 0) is 101 Å². The maximum Gasteiger partial charge on any atom is 0.410 e. The molecule has 0 spiro atoms. The smallest absolute Gasteiger partial charge is 0.410 e. The van der Waals surface area contributed by atoms with Gasteiger partial charge in [-0.25, -0.2) is 28.8 Å². The molecule has 6 amide bonds. The predicted octanol–water partition coefficient (Wildman–Crippen LogP) is 9.31. The molecule has 19 heteroatoms. The molecule has 0 unspecified atom stereocenters. The molecule has 2 aliphatic heterocycles. The fourth-order valence-corrected chi connectivity index (χ4v) is 7.22. The topological polar surface area (TPSA) is 186 Å².